The van der Waals surface area contributed by atoms with Gasteiger partial charge in [0.15, 0.2) is 0 Å². The van der Waals surface area contributed by atoms with Crippen molar-refractivity contribution in [3.05, 3.63) is 28.8 Å². The Morgan fingerprint density at radius 3 is 3.05 bits per heavy atom. The minimum absolute atomic E-state index is 0.0864. The lowest BCUT2D eigenvalue weighted by atomic mass is 9.92. The van der Waals surface area contributed by atoms with Gasteiger partial charge in [0.25, 0.3) is 0 Å². The van der Waals surface area contributed by atoms with Crippen molar-refractivity contribution in [1.29, 1.82) is 5.26 Å². The molecule has 3 rings (SSSR count). The molecule has 0 radical (unpaired) electrons. The summed E-state index contributed by atoms with van der Waals surface area (Å²) in [6.07, 6.45) is 2.08. The standard InChI is InChI=1S/C16H19ClN2O2/c1-12-9-19(10-16(21-12)6-3-7-20-11-16)15-13(8-18)4-2-5-14(15)17/h2,4-5,12H,3,6-7,9-11H2,1H3/t12-,16-/m0/s1. The fraction of sp³-hybridized carbons (Fsp3) is 0.562. The molecule has 21 heavy (non-hydrogen) atoms. The second-order valence-electron chi connectivity index (χ2n) is 5.90. The Morgan fingerprint density at radius 1 is 1.48 bits per heavy atom. The van der Waals surface area contributed by atoms with Crippen LogP contribution in [0.1, 0.15) is 25.3 Å². The van der Waals surface area contributed by atoms with Crippen LogP contribution in [0.2, 0.25) is 5.02 Å². The highest BCUT2D eigenvalue weighted by atomic mass is 35.5. The van der Waals surface area contributed by atoms with Crippen LogP contribution in [0.5, 0.6) is 0 Å². The van der Waals surface area contributed by atoms with Crippen LogP contribution >= 0.6 is 11.6 Å². The van der Waals surface area contributed by atoms with Crippen molar-refractivity contribution < 1.29 is 9.47 Å². The first-order valence-electron chi connectivity index (χ1n) is 7.33. The number of hydrogen-bond donors (Lipinski definition) is 0. The Kier molecular flexibility index (Phi) is 4.08. The molecule has 2 heterocycles. The Hall–Kier alpha value is -1.28. The zero-order valence-electron chi connectivity index (χ0n) is 12.1. The van der Waals surface area contributed by atoms with Crippen molar-refractivity contribution in [1.82, 2.24) is 0 Å². The lowest BCUT2D eigenvalue weighted by molar-refractivity contribution is -0.160. The molecule has 4 nitrogen and oxygen atoms in total. The first-order chi connectivity index (χ1) is 10.1. The fourth-order valence-electron chi connectivity index (χ4n) is 3.37. The number of ether oxygens (including phenoxy) is 2. The van der Waals surface area contributed by atoms with Crippen LogP contribution in [0.3, 0.4) is 0 Å². The average Bonchev–Trinajstić information content (AvgIpc) is 2.46. The number of halogens is 1. The maximum Gasteiger partial charge on any atom is 0.109 e. The summed E-state index contributed by atoms with van der Waals surface area (Å²) in [6, 6.07) is 7.70. The van der Waals surface area contributed by atoms with Gasteiger partial charge in [0, 0.05) is 19.7 Å². The van der Waals surface area contributed by atoms with E-state index in [4.69, 9.17) is 21.1 Å². The molecule has 5 heteroatoms. The Morgan fingerprint density at radius 2 is 2.33 bits per heavy atom. The van der Waals surface area contributed by atoms with Crippen molar-refractivity contribution >= 4 is 17.3 Å². The van der Waals surface area contributed by atoms with Crippen LogP contribution in [0, 0.1) is 11.3 Å². The van der Waals surface area contributed by atoms with E-state index in [1.165, 1.54) is 0 Å². The SMILES string of the molecule is C[C@H]1CN(c2c(Cl)cccc2C#N)C[C@]2(CCCOC2)O1. The number of benzene rings is 1. The van der Waals surface area contributed by atoms with Gasteiger partial charge < -0.3 is 14.4 Å². The number of anilines is 1. The number of nitriles is 1. The van der Waals surface area contributed by atoms with E-state index in [0.29, 0.717) is 17.2 Å². The molecule has 2 atom stereocenters. The zero-order valence-corrected chi connectivity index (χ0v) is 12.9. The third-order valence-electron chi connectivity index (χ3n) is 4.12. The molecular weight excluding hydrogens is 288 g/mol. The molecule has 2 aliphatic rings. The number of para-hydroxylation sites is 1. The summed E-state index contributed by atoms with van der Waals surface area (Å²) in [6.45, 7) is 4.93. The number of nitrogens with zero attached hydrogens (tertiary/aromatic N) is 2. The first kappa shape index (κ1) is 14.6. The normalized spacial score (nSPS) is 29.4. The maximum absolute atomic E-state index is 9.35. The van der Waals surface area contributed by atoms with Gasteiger partial charge in [-0.1, -0.05) is 17.7 Å². The highest BCUT2D eigenvalue weighted by Gasteiger charge is 2.42. The van der Waals surface area contributed by atoms with E-state index >= 15 is 0 Å². The molecule has 0 amide bonds. The van der Waals surface area contributed by atoms with E-state index in [1.807, 2.05) is 18.2 Å². The molecule has 0 unspecified atom stereocenters. The van der Waals surface area contributed by atoms with Gasteiger partial charge in [0.05, 0.1) is 29.0 Å². The summed E-state index contributed by atoms with van der Waals surface area (Å²) in [5.74, 6) is 0. The minimum Gasteiger partial charge on any atom is -0.378 e. The average molecular weight is 307 g/mol. The Labute approximate surface area is 130 Å². The van der Waals surface area contributed by atoms with E-state index in [2.05, 4.69) is 17.9 Å². The van der Waals surface area contributed by atoms with Gasteiger partial charge >= 0.3 is 0 Å². The quantitative estimate of drug-likeness (QED) is 0.800. The van der Waals surface area contributed by atoms with Gasteiger partial charge in [-0.05, 0) is 31.9 Å². The van der Waals surface area contributed by atoms with Crippen LogP contribution < -0.4 is 4.90 Å². The lowest BCUT2D eigenvalue weighted by Gasteiger charge is -2.48. The largest absolute Gasteiger partial charge is 0.378 e. The molecule has 112 valence electrons. The van der Waals surface area contributed by atoms with E-state index in [0.717, 1.165) is 38.2 Å². The summed E-state index contributed by atoms with van der Waals surface area (Å²) in [4.78, 5) is 2.18. The van der Waals surface area contributed by atoms with Crippen molar-refractivity contribution in [3.63, 3.8) is 0 Å². The molecule has 2 saturated heterocycles. The van der Waals surface area contributed by atoms with E-state index in [-0.39, 0.29) is 11.7 Å². The summed E-state index contributed by atoms with van der Waals surface area (Å²) in [5.41, 5.74) is 1.16. The van der Waals surface area contributed by atoms with Gasteiger partial charge in [-0.25, -0.2) is 0 Å². The molecule has 1 spiro atoms. The lowest BCUT2D eigenvalue weighted by Crippen LogP contribution is -2.58. The Balaban J connectivity index is 1.93. The summed E-state index contributed by atoms with van der Waals surface area (Å²) in [5, 5.41) is 9.97. The maximum atomic E-state index is 9.35. The molecule has 0 N–H and O–H groups in total. The molecular formula is C16H19ClN2O2. The summed E-state index contributed by atoms with van der Waals surface area (Å²) in [7, 11) is 0. The monoisotopic (exact) mass is 306 g/mol. The van der Waals surface area contributed by atoms with Crippen molar-refractivity contribution in [2.24, 2.45) is 0 Å². The number of hydrogen-bond acceptors (Lipinski definition) is 4. The van der Waals surface area contributed by atoms with Gasteiger partial charge in [-0.3, -0.25) is 0 Å². The molecule has 0 aromatic heterocycles. The smallest absolute Gasteiger partial charge is 0.109 e. The van der Waals surface area contributed by atoms with Crippen LogP contribution in [0.4, 0.5) is 5.69 Å². The van der Waals surface area contributed by atoms with Crippen LogP contribution in [-0.4, -0.2) is 38.0 Å². The van der Waals surface area contributed by atoms with Crippen LogP contribution in [0.15, 0.2) is 18.2 Å². The summed E-state index contributed by atoms with van der Waals surface area (Å²) < 4.78 is 11.8. The summed E-state index contributed by atoms with van der Waals surface area (Å²) >= 11 is 6.35. The van der Waals surface area contributed by atoms with Crippen LogP contribution in [-0.2, 0) is 9.47 Å². The third-order valence-corrected chi connectivity index (χ3v) is 4.42. The fourth-order valence-corrected chi connectivity index (χ4v) is 3.66. The predicted octanol–water partition coefficient (Wildman–Crippen LogP) is 2.99. The molecule has 0 saturated carbocycles. The second-order valence-corrected chi connectivity index (χ2v) is 6.30. The molecule has 2 aliphatic heterocycles. The number of morpholine rings is 1. The van der Waals surface area contributed by atoms with E-state index < -0.39 is 0 Å². The van der Waals surface area contributed by atoms with Gasteiger partial charge in [-0.2, -0.15) is 5.26 Å². The predicted molar refractivity (Wildman–Crippen MR) is 81.7 cm³/mol. The van der Waals surface area contributed by atoms with Gasteiger partial charge in [0.1, 0.15) is 11.7 Å². The highest BCUT2D eigenvalue weighted by Crippen LogP contribution is 2.36. The van der Waals surface area contributed by atoms with Crippen molar-refractivity contribution in [3.8, 4) is 6.07 Å². The van der Waals surface area contributed by atoms with E-state index in [1.54, 1.807) is 0 Å². The first-order valence-corrected chi connectivity index (χ1v) is 7.70. The minimum atomic E-state index is -0.276. The third kappa shape index (κ3) is 2.87. The zero-order chi connectivity index (χ0) is 14.9. The van der Waals surface area contributed by atoms with Gasteiger partial charge in [-0.15, -0.1) is 0 Å². The van der Waals surface area contributed by atoms with Gasteiger partial charge in [0.2, 0.25) is 0 Å². The Bertz CT molecular complexity index is 564. The molecule has 1 aromatic rings. The topological polar surface area (TPSA) is 45.5 Å². The molecule has 0 bridgehead atoms. The van der Waals surface area contributed by atoms with Crippen molar-refractivity contribution in [2.45, 2.75) is 31.5 Å². The molecule has 2 fully saturated rings. The van der Waals surface area contributed by atoms with E-state index in [9.17, 15) is 5.26 Å². The van der Waals surface area contributed by atoms with Crippen molar-refractivity contribution in [2.75, 3.05) is 31.2 Å². The highest BCUT2D eigenvalue weighted by molar-refractivity contribution is 6.33. The number of rotatable bonds is 1. The van der Waals surface area contributed by atoms with Crippen LogP contribution in [0.25, 0.3) is 0 Å². The molecule has 0 aliphatic carbocycles. The molecule has 1 aromatic carbocycles. The second kappa shape index (κ2) is 5.84.